The maximum Gasteiger partial charge on any atom is 0.191 e. The molecule has 1 aromatic carbocycles. The second-order valence-corrected chi connectivity index (χ2v) is 17.3. The number of thiol groups is 1. The fraction of sp³-hybridized carbons (Fsp3) is 0.500. The Labute approximate surface area is 206 Å². The second-order valence-electron chi connectivity index (χ2n) is 10.0. The van der Waals surface area contributed by atoms with E-state index in [2.05, 4.69) is 64.2 Å². The van der Waals surface area contributed by atoms with Gasteiger partial charge in [-0.3, -0.25) is 0 Å². The highest BCUT2D eigenvalue weighted by Crippen LogP contribution is 2.42. The largest absolute Gasteiger partial charge is 0.455 e. The van der Waals surface area contributed by atoms with E-state index in [1.54, 1.807) is 0 Å². The van der Waals surface area contributed by atoms with Crippen molar-refractivity contribution in [3.05, 3.63) is 46.7 Å². The molecule has 0 bridgehead atoms. The fourth-order valence-electron chi connectivity index (χ4n) is 3.81. The van der Waals surface area contributed by atoms with Crippen LogP contribution in [0.15, 0.2) is 51.6 Å². The van der Waals surface area contributed by atoms with Crippen LogP contribution in [0.25, 0.3) is 0 Å². The number of hydrogen-bond acceptors (Lipinski definition) is 6. The van der Waals surface area contributed by atoms with Crippen molar-refractivity contribution in [1.82, 2.24) is 0 Å². The summed E-state index contributed by atoms with van der Waals surface area (Å²) < 4.78 is 17.8. The molecular formula is C26H33N3O3SSi. The maximum atomic E-state index is 9.94. The van der Waals surface area contributed by atoms with E-state index in [0.29, 0.717) is 24.4 Å². The van der Waals surface area contributed by atoms with Gasteiger partial charge in [0.05, 0.1) is 36.5 Å². The van der Waals surface area contributed by atoms with Crippen LogP contribution in [0, 0.1) is 39.9 Å². The van der Waals surface area contributed by atoms with Crippen LogP contribution in [0.2, 0.25) is 18.1 Å². The molecule has 0 spiro atoms. The second kappa shape index (κ2) is 10.8. The molecule has 1 aliphatic carbocycles. The Morgan fingerprint density at radius 3 is 2.15 bits per heavy atom. The van der Waals surface area contributed by atoms with Gasteiger partial charge in [0.25, 0.3) is 0 Å². The van der Waals surface area contributed by atoms with Gasteiger partial charge in [0.1, 0.15) is 17.4 Å². The van der Waals surface area contributed by atoms with Crippen LogP contribution in [0.3, 0.4) is 0 Å². The monoisotopic (exact) mass is 495 g/mol. The van der Waals surface area contributed by atoms with E-state index in [9.17, 15) is 15.8 Å². The van der Waals surface area contributed by atoms with E-state index < -0.39 is 14.2 Å². The van der Waals surface area contributed by atoms with Crippen molar-refractivity contribution < 1.29 is 13.9 Å². The quantitative estimate of drug-likeness (QED) is 0.389. The minimum atomic E-state index is -1.96. The lowest BCUT2D eigenvalue weighted by Crippen LogP contribution is -2.41. The summed E-state index contributed by atoms with van der Waals surface area (Å²) in [5, 5.41) is 29.6. The van der Waals surface area contributed by atoms with Crippen molar-refractivity contribution in [3.8, 4) is 24.0 Å². The molecule has 0 aromatic heterocycles. The van der Waals surface area contributed by atoms with Gasteiger partial charge < -0.3 is 13.9 Å². The average Bonchev–Trinajstić information content (AvgIpc) is 3.10. The first-order chi connectivity index (χ1) is 16.1. The molecule has 8 heteroatoms. The molecule has 0 N–H and O–H groups in total. The van der Waals surface area contributed by atoms with Crippen molar-refractivity contribution in [2.75, 3.05) is 31.3 Å². The standard InChI is InChI=1S/C26H33N3O3SSi/c1-26(2,3)34(4,5)31-11-10-21-22(16-27)24(18-29)25(23(21)17-28)32-19-6-8-20(9-7-19)33-14-12-30-13-15-33/h6-9,21,33H,10-15H2,1-5H3. The molecule has 1 atom stereocenters. The molecular weight excluding hydrogens is 462 g/mol. The number of allylic oxidation sites excluding steroid dienone is 3. The summed E-state index contributed by atoms with van der Waals surface area (Å²) >= 11 is 0. The Bertz CT molecular complexity index is 1090. The molecule has 1 heterocycles. The number of rotatable bonds is 7. The van der Waals surface area contributed by atoms with E-state index in [4.69, 9.17) is 13.9 Å². The lowest BCUT2D eigenvalue weighted by Gasteiger charge is -2.36. The van der Waals surface area contributed by atoms with Crippen molar-refractivity contribution >= 4 is 19.2 Å². The molecule has 0 amide bonds. The first kappa shape index (κ1) is 26.1. The van der Waals surface area contributed by atoms with Gasteiger partial charge in [-0.1, -0.05) is 20.8 Å². The van der Waals surface area contributed by atoms with E-state index in [-0.39, 0.29) is 32.8 Å². The van der Waals surface area contributed by atoms with Crippen LogP contribution >= 0.6 is 10.9 Å². The summed E-state index contributed by atoms with van der Waals surface area (Å²) in [4.78, 5) is 1.29. The number of benzene rings is 1. The minimum absolute atomic E-state index is 0.0642. The zero-order valence-electron chi connectivity index (χ0n) is 20.6. The van der Waals surface area contributed by atoms with Crippen molar-refractivity contribution in [2.24, 2.45) is 5.92 Å². The third-order valence-corrected chi connectivity index (χ3v) is 13.9. The normalized spacial score (nSPS) is 20.1. The summed E-state index contributed by atoms with van der Waals surface area (Å²) in [5.41, 5.74) is 0.759. The maximum absolute atomic E-state index is 9.94. The van der Waals surface area contributed by atoms with Gasteiger partial charge in [0, 0.05) is 24.0 Å². The molecule has 0 saturated carbocycles. The van der Waals surface area contributed by atoms with Crippen molar-refractivity contribution in [1.29, 1.82) is 15.8 Å². The van der Waals surface area contributed by atoms with E-state index in [1.165, 1.54) is 4.90 Å². The van der Waals surface area contributed by atoms with Crippen LogP contribution in [0.5, 0.6) is 5.75 Å². The topological polar surface area (TPSA) is 99.1 Å². The van der Waals surface area contributed by atoms with Gasteiger partial charge in [0.2, 0.25) is 0 Å². The van der Waals surface area contributed by atoms with Crippen molar-refractivity contribution in [2.45, 2.75) is 50.2 Å². The number of hydrogen-bond donors (Lipinski definition) is 1. The van der Waals surface area contributed by atoms with E-state index >= 15 is 0 Å². The molecule has 1 aliphatic heterocycles. The minimum Gasteiger partial charge on any atom is -0.455 e. The highest BCUT2D eigenvalue weighted by atomic mass is 32.2. The number of ether oxygens (including phenoxy) is 2. The Morgan fingerprint density at radius 1 is 1.00 bits per heavy atom. The van der Waals surface area contributed by atoms with Gasteiger partial charge in [-0.25, -0.2) is 10.9 Å². The molecule has 180 valence electrons. The number of nitriles is 3. The smallest absolute Gasteiger partial charge is 0.191 e. The molecule has 1 unspecified atom stereocenters. The zero-order chi connectivity index (χ0) is 24.9. The predicted molar refractivity (Wildman–Crippen MR) is 137 cm³/mol. The predicted octanol–water partition coefficient (Wildman–Crippen LogP) is 5.62. The lowest BCUT2D eigenvalue weighted by atomic mass is 9.93. The Balaban J connectivity index is 1.81. The van der Waals surface area contributed by atoms with Gasteiger partial charge in [-0.2, -0.15) is 15.8 Å². The molecule has 0 radical (unpaired) electrons. The molecule has 2 aliphatic rings. The Hall–Kier alpha value is -2.54. The SMILES string of the molecule is CC(C)(C)[Si](C)(C)OCCC1C(C#N)=C(C#N)C(Oc2ccc([SH]3CCOCC3)cc2)=C1C#N. The van der Waals surface area contributed by atoms with Gasteiger partial charge in [-0.05, 0) is 53.7 Å². The van der Waals surface area contributed by atoms with Gasteiger partial charge in [-0.15, -0.1) is 0 Å². The third-order valence-electron chi connectivity index (χ3n) is 6.90. The Kier molecular flexibility index (Phi) is 8.28. The Morgan fingerprint density at radius 2 is 1.62 bits per heavy atom. The molecule has 34 heavy (non-hydrogen) atoms. The molecule has 6 nitrogen and oxygen atoms in total. The summed E-state index contributed by atoms with van der Waals surface area (Å²) in [5.74, 6) is 2.38. The summed E-state index contributed by atoms with van der Waals surface area (Å²) in [6.07, 6.45) is 0.460. The highest BCUT2D eigenvalue weighted by molar-refractivity contribution is 8.17. The lowest BCUT2D eigenvalue weighted by molar-refractivity contribution is 0.160. The van der Waals surface area contributed by atoms with Gasteiger partial charge in [0.15, 0.2) is 14.1 Å². The van der Waals surface area contributed by atoms with E-state index in [1.807, 2.05) is 12.1 Å². The molecule has 1 saturated heterocycles. The highest BCUT2D eigenvalue weighted by Gasteiger charge is 2.39. The van der Waals surface area contributed by atoms with E-state index in [0.717, 1.165) is 24.7 Å². The number of nitrogens with zero attached hydrogens (tertiary/aromatic N) is 3. The molecule has 1 aromatic rings. The van der Waals surface area contributed by atoms with Crippen LogP contribution in [0.4, 0.5) is 0 Å². The fourth-order valence-corrected chi connectivity index (χ4v) is 6.89. The van der Waals surface area contributed by atoms with Crippen molar-refractivity contribution in [3.63, 3.8) is 0 Å². The molecule has 1 fully saturated rings. The van der Waals surface area contributed by atoms with Crippen LogP contribution in [0.1, 0.15) is 27.2 Å². The molecule has 3 rings (SSSR count). The summed E-state index contributed by atoms with van der Waals surface area (Å²) in [7, 11) is -2.19. The third kappa shape index (κ3) is 5.57. The average molecular weight is 496 g/mol. The summed E-state index contributed by atoms with van der Waals surface area (Å²) in [6.45, 7) is 12.9. The first-order valence-electron chi connectivity index (χ1n) is 11.6. The van der Waals surface area contributed by atoms with Crippen LogP contribution in [-0.2, 0) is 9.16 Å². The summed E-state index contributed by atoms with van der Waals surface area (Å²) in [6, 6.07) is 14.3. The van der Waals surface area contributed by atoms with Gasteiger partial charge >= 0.3 is 0 Å². The first-order valence-corrected chi connectivity index (χ1v) is 16.2. The van der Waals surface area contributed by atoms with Crippen LogP contribution < -0.4 is 4.74 Å². The zero-order valence-corrected chi connectivity index (χ0v) is 22.5. The van der Waals surface area contributed by atoms with Crippen LogP contribution in [-0.4, -0.2) is 39.6 Å².